The van der Waals surface area contributed by atoms with Crippen LogP contribution in [0.25, 0.3) is 10.9 Å². The van der Waals surface area contributed by atoms with E-state index in [1.165, 1.54) is 0 Å². The van der Waals surface area contributed by atoms with Gasteiger partial charge >= 0.3 is 0 Å². The van der Waals surface area contributed by atoms with Gasteiger partial charge in [0.05, 0.1) is 5.52 Å². The van der Waals surface area contributed by atoms with Crippen molar-refractivity contribution in [3.8, 4) is 0 Å². The van der Waals surface area contributed by atoms with E-state index in [-0.39, 0.29) is 0 Å². The molecule has 0 aliphatic rings. The van der Waals surface area contributed by atoms with Crippen LogP contribution < -0.4 is 0 Å². The fourth-order valence-corrected chi connectivity index (χ4v) is 1.62. The summed E-state index contributed by atoms with van der Waals surface area (Å²) in [5, 5.41) is 9.16. The first-order valence-electron chi connectivity index (χ1n) is 4.35. The van der Waals surface area contributed by atoms with Gasteiger partial charge in [-0.2, -0.15) is 5.10 Å². The number of H-pyrrole nitrogens is 1. The van der Waals surface area contributed by atoms with Crippen molar-refractivity contribution in [2.45, 2.75) is 20.3 Å². The standard InChI is InChI=1S/C10H11ClN2/c1-3-9-7-5-8(11)6(2)4-10(7)13-12-9/h4-5H,3H2,1-2H3,(H,12,13). The minimum atomic E-state index is 0.809. The fourth-order valence-electron chi connectivity index (χ4n) is 1.46. The maximum absolute atomic E-state index is 6.03. The number of aromatic amines is 1. The summed E-state index contributed by atoms with van der Waals surface area (Å²) in [6.07, 6.45) is 0.954. The van der Waals surface area contributed by atoms with E-state index in [4.69, 9.17) is 11.6 Å². The molecule has 0 amide bonds. The maximum atomic E-state index is 6.03. The van der Waals surface area contributed by atoms with Gasteiger partial charge < -0.3 is 0 Å². The minimum absolute atomic E-state index is 0.809. The molecule has 0 unspecified atom stereocenters. The van der Waals surface area contributed by atoms with Gasteiger partial charge in [0.15, 0.2) is 0 Å². The number of hydrogen-bond acceptors (Lipinski definition) is 1. The Bertz CT molecular complexity index is 445. The van der Waals surface area contributed by atoms with Gasteiger partial charge in [-0.1, -0.05) is 18.5 Å². The lowest BCUT2D eigenvalue weighted by atomic mass is 10.1. The van der Waals surface area contributed by atoms with Gasteiger partial charge in [0, 0.05) is 16.1 Å². The summed E-state index contributed by atoms with van der Waals surface area (Å²) < 4.78 is 0. The van der Waals surface area contributed by atoms with Crippen LogP contribution in [0.1, 0.15) is 18.2 Å². The second-order valence-corrected chi connectivity index (χ2v) is 3.58. The van der Waals surface area contributed by atoms with Crippen LogP contribution in [0.5, 0.6) is 0 Å². The van der Waals surface area contributed by atoms with Crippen molar-refractivity contribution >= 4 is 22.5 Å². The topological polar surface area (TPSA) is 28.7 Å². The molecule has 2 nitrogen and oxygen atoms in total. The summed E-state index contributed by atoms with van der Waals surface area (Å²) in [4.78, 5) is 0. The SMILES string of the molecule is CCc1[nH]nc2cc(C)c(Cl)cc12. The van der Waals surface area contributed by atoms with E-state index in [0.717, 1.165) is 33.6 Å². The van der Waals surface area contributed by atoms with Crippen molar-refractivity contribution in [3.63, 3.8) is 0 Å². The van der Waals surface area contributed by atoms with Gasteiger partial charge in [-0.3, -0.25) is 5.10 Å². The average molecular weight is 195 g/mol. The molecular formula is C10H11ClN2. The van der Waals surface area contributed by atoms with Crippen LogP contribution in [0, 0.1) is 6.92 Å². The molecule has 0 radical (unpaired) electrons. The molecule has 0 aliphatic heterocycles. The van der Waals surface area contributed by atoms with Crippen LogP contribution in [-0.4, -0.2) is 10.2 Å². The molecule has 1 aromatic carbocycles. The Kier molecular flexibility index (Phi) is 2.00. The number of halogens is 1. The molecule has 1 N–H and O–H groups in total. The highest BCUT2D eigenvalue weighted by atomic mass is 35.5. The highest BCUT2D eigenvalue weighted by Gasteiger charge is 2.05. The third-order valence-corrected chi connectivity index (χ3v) is 2.67. The molecule has 0 saturated heterocycles. The predicted octanol–water partition coefficient (Wildman–Crippen LogP) is 3.09. The third kappa shape index (κ3) is 1.31. The van der Waals surface area contributed by atoms with Crippen molar-refractivity contribution in [2.24, 2.45) is 0 Å². The summed E-state index contributed by atoms with van der Waals surface area (Å²) in [7, 11) is 0. The monoisotopic (exact) mass is 194 g/mol. The van der Waals surface area contributed by atoms with E-state index in [1.54, 1.807) is 0 Å². The second-order valence-electron chi connectivity index (χ2n) is 3.17. The van der Waals surface area contributed by atoms with Crippen LogP contribution in [0.3, 0.4) is 0 Å². The summed E-state index contributed by atoms with van der Waals surface area (Å²) in [5.74, 6) is 0. The Morgan fingerprint density at radius 3 is 2.92 bits per heavy atom. The first kappa shape index (κ1) is 8.57. The molecule has 13 heavy (non-hydrogen) atoms. The van der Waals surface area contributed by atoms with Gasteiger partial charge in [-0.25, -0.2) is 0 Å². The molecular weight excluding hydrogens is 184 g/mol. The zero-order chi connectivity index (χ0) is 9.42. The molecule has 68 valence electrons. The Hall–Kier alpha value is -1.02. The lowest BCUT2D eigenvalue weighted by Gasteiger charge is -1.97. The van der Waals surface area contributed by atoms with Crippen LogP contribution in [0.15, 0.2) is 12.1 Å². The largest absolute Gasteiger partial charge is 0.281 e. The molecule has 2 rings (SSSR count). The van der Waals surface area contributed by atoms with Gasteiger partial charge in [-0.15, -0.1) is 0 Å². The van der Waals surface area contributed by atoms with Crippen molar-refractivity contribution in [2.75, 3.05) is 0 Å². The fraction of sp³-hybridized carbons (Fsp3) is 0.300. The van der Waals surface area contributed by atoms with Crippen molar-refractivity contribution in [3.05, 3.63) is 28.4 Å². The second kappa shape index (κ2) is 3.04. The van der Waals surface area contributed by atoms with Crippen LogP contribution in [-0.2, 0) is 6.42 Å². The first-order chi connectivity index (χ1) is 6.22. The number of fused-ring (bicyclic) bond motifs is 1. The molecule has 0 aliphatic carbocycles. The molecule has 0 bridgehead atoms. The first-order valence-corrected chi connectivity index (χ1v) is 4.73. The quantitative estimate of drug-likeness (QED) is 0.743. The van der Waals surface area contributed by atoms with Crippen LogP contribution >= 0.6 is 11.6 Å². The van der Waals surface area contributed by atoms with Crippen molar-refractivity contribution in [1.82, 2.24) is 10.2 Å². The molecule has 1 aromatic heterocycles. The Morgan fingerprint density at radius 2 is 2.23 bits per heavy atom. The van der Waals surface area contributed by atoms with Crippen molar-refractivity contribution < 1.29 is 0 Å². The molecule has 2 aromatic rings. The van der Waals surface area contributed by atoms with E-state index >= 15 is 0 Å². The number of aryl methyl sites for hydroxylation is 2. The maximum Gasteiger partial charge on any atom is 0.0927 e. The zero-order valence-corrected chi connectivity index (χ0v) is 8.44. The van der Waals surface area contributed by atoms with Gasteiger partial charge in [0.2, 0.25) is 0 Å². The molecule has 0 atom stereocenters. The molecule has 1 heterocycles. The van der Waals surface area contributed by atoms with Gasteiger partial charge in [-0.05, 0) is 31.0 Å². The molecule has 0 fully saturated rings. The van der Waals surface area contributed by atoms with Gasteiger partial charge in [0.1, 0.15) is 0 Å². The molecule has 0 saturated carbocycles. The summed E-state index contributed by atoms with van der Waals surface area (Å²) in [6, 6.07) is 3.99. The number of hydrogen-bond donors (Lipinski definition) is 1. The zero-order valence-electron chi connectivity index (χ0n) is 7.69. The highest BCUT2D eigenvalue weighted by molar-refractivity contribution is 6.32. The van der Waals surface area contributed by atoms with Crippen molar-refractivity contribution in [1.29, 1.82) is 0 Å². The Balaban J connectivity index is 2.77. The highest BCUT2D eigenvalue weighted by Crippen LogP contribution is 2.24. The number of benzene rings is 1. The van der Waals surface area contributed by atoms with Crippen LogP contribution in [0.4, 0.5) is 0 Å². The lowest BCUT2D eigenvalue weighted by Crippen LogP contribution is -1.80. The molecule has 3 heteroatoms. The smallest absolute Gasteiger partial charge is 0.0927 e. The summed E-state index contributed by atoms with van der Waals surface area (Å²) in [6.45, 7) is 4.09. The third-order valence-electron chi connectivity index (χ3n) is 2.27. The van der Waals surface area contributed by atoms with Crippen LogP contribution in [0.2, 0.25) is 5.02 Å². The summed E-state index contributed by atoms with van der Waals surface area (Å²) >= 11 is 6.03. The minimum Gasteiger partial charge on any atom is -0.281 e. The predicted molar refractivity (Wildman–Crippen MR) is 55.2 cm³/mol. The number of rotatable bonds is 1. The summed E-state index contributed by atoms with van der Waals surface area (Å²) in [5.41, 5.74) is 3.22. The number of aromatic nitrogens is 2. The van der Waals surface area contributed by atoms with E-state index in [0.29, 0.717) is 0 Å². The Labute approximate surface area is 81.9 Å². The lowest BCUT2D eigenvalue weighted by molar-refractivity contribution is 0.988. The van der Waals surface area contributed by atoms with E-state index in [1.807, 2.05) is 19.1 Å². The average Bonchev–Trinajstić information content (AvgIpc) is 2.48. The normalized spacial score (nSPS) is 11.0. The number of nitrogens with one attached hydrogen (secondary N) is 1. The van der Waals surface area contributed by atoms with E-state index in [2.05, 4.69) is 17.1 Å². The Morgan fingerprint density at radius 1 is 1.46 bits per heavy atom. The van der Waals surface area contributed by atoms with Gasteiger partial charge in [0.25, 0.3) is 0 Å². The number of nitrogens with zero attached hydrogens (tertiary/aromatic N) is 1. The molecule has 0 spiro atoms. The van der Waals surface area contributed by atoms with E-state index in [9.17, 15) is 0 Å². The van der Waals surface area contributed by atoms with E-state index < -0.39 is 0 Å².